The first-order chi connectivity index (χ1) is 8.34. The molecule has 100 valence electrons. The molecule has 0 bridgehead atoms. The van der Waals surface area contributed by atoms with Crippen LogP contribution in [0.15, 0.2) is 23.5 Å². The fourth-order valence-electron chi connectivity index (χ4n) is 1.70. The Morgan fingerprint density at radius 1 is 1.39 bits per heavy atom. The van der Waals surface area contributed by atoms with E-state index in [4.69, 9.17) is 9.47 Å². The van der Waals surface area contributed by atoms with Gasteiger partial charge in [0.1, 0.15) is 17.8 Å². The zero-order valence-electron chi connectivity index (χ0n) is 11.2. The number of hydrogen-bond acceptors (Lipinski definition) is 5. The van der Waals surface area contributed by atoms with E-state index in [2.05, 4.69) is 11.3 Å². The lowest BCUT2D eigenvalue weighted by atomic mass is 9.92. The third-order valence-corrected chi connectivity index (χ3v) is 3.07. The van der Waals surface area contributed by atoms with Crippen LogP contribution in [-0.2, 0) is 23.8 Å². The second-order valence-corrected chi connectivity index (χ2v) is 4.44. The number of hydrogen-bond donors (Lipinski definition) is 0. The van der Waals surface area contributed by atoms with Gasteiger partial charge in [-0.15, -0.1) is 0 Å². The lowest BCUT2D eigenvalue weighted by Gasteiger charge is -2.25. The second kappa shape index (κ2) is 5.25. The minimum atomic E-state index is -0.674. The zero-order chi connectivity index (χ0) is 13.9. The highest BCUT2D eigenvalue weighted by Gasteiger charge is 2.41. The van der Waals surface area contributed by atoms with Gasteiger partial charge >= 0.3 is 11.9 Å². The van der Waals surface area contributed by atoms with Crippen LogP contribution in [0.3, 0.4) is 0 Å². The van der Waals surface area contributed by atoms with Crippen LogP contribution in [0.5, 0.6) is 0 Å². The number of methoxy groups -OCH3 is 2. The Balaban J connectivity index is 3.01. The molecular weight excluding hydrogens is 236 g/mol. The first kappa shape index (κ1) is 14.3. The highest BCUT2D eigenvalue weighted by atomic mass is 16.5. The van der Waals surface area contributed by atoms with Crippen molar-refractivity contribution in [1.29, 1.82) is 0 Å². The van der Waals surface area contributed by atoms with Crippen LogP contribution in [0.2, 0.25) is 0 Å². The van der Waals surface area contributed by atoms with E-state index >= 15 is 0 Å². The number of esters is 2. The smallest absolute Gasteiger partial charge is 0.337 e. The molecule has 0 aliphatic carbocycles. The Bertz CT molecular complexity index is 421. The van der Waals surface area contributed by atoms with Crippen LogP contribution in [0.25, 0.3) is 0 Å². The van der Waals surface area contributed by atoms with E-state index in [0.29, 0.717) is 17.8 Å². The molecule has 0 fully saturated rings. The van der Waals surface area contributed by atoms with Crippen molar-refractivity contribution in [3.8, 4) is 0 Å². The van der Waals surface area contributed by atoms with Gasteiger partial charge < -0.3 is 14.2 Å². The Labute approximate surface area is 106 Å². The number of rotatable bonds is 4. The van der Waals surface area contributed by atoms with E-state index in [9.17, 15) is 9.59 Å². The summed E-state index contributed by atoms with van der Waals surface area (Å²) in [5, 5.41) is 0. The molecule has 0 aromatic heterocycles. The lowest BCUT2D eigenvalue weighted by molar-refractivity contribution is -0.140. The monoisotopic (exact) mass is 254 g/mol. The molecule has 0 N–H and O–H groups in total. The third-order valence-electron chi connectivity index (χ3n) is 3.07. The van der Waals surface area contributed by atoms with Crippen molar-refractivity contribution >= 4 is 11.9 Å². The normalized spacial score (nSPS) is 22.4. The van der Waals surface area contributed by atoms with Crippen molar-refractivity contribution in [2.75, 3.05) is 14.2 Å². The van der Waals surface area contributed by atoms with Crippen molar-refractivity contribution in [1.82, 2.24) is 0 Å². The van der Waals surface area contributed by atoms with Crippen LogP contribution in [0.4, 0.5) is 0 Å². The van der Waals surface area contributed by atoms with E-state index in [-0.39, 0.29) is 6.42 Å². The molecule has 0 saturated carbocycles. The average Bonchev–Trinajstić information content (AvgIpc) is 2.66. The molecule has 0 saturated heterocycles. The molecule has 5 heteroatoms. The molecule has 0 radical (unpaired) electrons. The zero-order valence-corrected chi connectivity index (χ0v) is 11.2. The molecule has 5 nitrogen and oxygen atoms in total. The summed E-state index contributed by atoms with van der Waals surface area (Å²) >= 11 is 0. The summed E-state index contributed by atoms with van der Waals surface area (Å²) < 4.78 is 15.0. The predicted molar refractivity (Wildman–Crippen MR) is 64.6 cm³/mol. The third kappa shape index (κ3) is 2.72. The summed E-state index contributed by atoms with van der Waals surface area (Å²) in [5.41, 5.74) is 0.476. The van der Waals surface area contributed by atoms with Gasteiger partial charge in [0.15, 0.2) is 0 Å². The number of ether oxygens (including phenoxy) is 3. The summed E-state index contributed by atoms with van der Waals surface area (Å²) in [7, 11) is 2.58. The largest absolute Gasteiger partial charge is 0.486 e. The Hall–Kier alpha value is -1.78. The van der Waals surface area contributed by atoms with Gasteiger partial charge in [0.2, 0.25) is 0 Å². The van der Waals surface area contributed by atoms with Gasteiger partial charge in [-0.2, -0.15) is 0 Å². The molecule has 0 amide bonds. The second-order valence-electron chi connectivity index (χ2n) is 4.44. The summed E-state index contributed by atoms with van der Waals surface area (Å²) in [6.45, 7) is 7.48. The van der Waals surface area contributed by atoms with Crippen molar-refractivity contribution < 1.29 is 23.8 Å². The summed E-state index contributed by atoms with van der Waals surface area (Å²) in [6.07, 6.45) is 0.269. The highest BCUT2D eigenvalue weighted by Crippen LogP contribution is 2.39. The maximum Gasteiger partial charge on any atom is 0.337 e. The molecule has 1 aliphatic heterocycles. The Kier molecular flexibility index (Phi) is 4.16. The maximum atomic E-state index is 11.7. The van der Waals surface area contributed by atoms with Gasteiger partial charge in [0.25, 0.3) is 0 Å². The number of carbonyl (C=O) groups excluding carboxylic acids is 2. The predicted octanol–water partition coefficient (Wildman–Crippen LogP) is 1.73. The summed E-state index contributed by atoms with van der Waals surface area (Å²) in [4.78, 5) is 23.0. The molecule has 1 heterocycles. The van der Waals surface area contributed by atoms with Gasteiger partial charge in [-0.1, -0.05) is 6.58 Å². The maximum absolute atomic E-state index is 11.7. The van der Waals surface area contributed by atoms with Crippen LogP contribution < -0.4 is 0 Å². The van der Waals surface area contributed by atoms with Crippen molar-refractivity contribution in [2.24, 2.45) is 0 Å². The van der Waals surface area contributed by atoms with Gasteiger partial charge in [-0.3, -0.25) is 4.79 Å². The van der Waals surface area contributed by atoms with E-state index in [0.717, 1.165) is 5.57 Å². The van der Waals surface area contributed by atoms with Crippen LogP contribution in [-0.4, -0.2) is 31.8 Å². The van der Waals surface area contributed by atoms with E-state index in [1.807, 2.05) is 13.8 Å². The van der Waals surface area contributed by atoms with Gasteiger partial charge in [0, 0.05) is 6.42 Å². The summed E-state index contributed by atoms with van der Waals surface area (Å²) in [5.74, 6) is -0.643. The molecule has 1 aliphatic rings. The molecule has 0 aromatic rings. The number of carbonyl (C=O) groups is 2. The van der Waals surface area contributed by atoms with Crippen molar-refractivity contribution in [3.63, 3.8) is 0 Å². The van der Waals surface area contributed by atoms with Crippen molar-refractivity contribution in [3.05, 3.63) is 23.5 Å². The van der Waals surface area contributed by atoms with Gasteiger partial charge in [0.05, 0.1) is 19.8 Å². The fraction of sp³-hybridized carbons (Fsp3) is 0.538. The topological polar surface area (TPSA) is 61.8 Å². The van der Waals surface area contributed by atoms with Crippen LogP contribution >= 0.6 is 0 Å². The Morgan fingerprint density at radius 2 is 2.00 bits per heavy atom. The fourth-order valence-corrected chi connectivity index (χ4v) is 1.70. The molecule has 0 aromatic carbocycles. The molecule has 1 unspecified atom stereocenters. The quantitative estimate of drug-likeness (QED) is 0.564. The standard InChI is InChI=1S/C13H18O5/c1-8(2)13(3)7-9(12(15)17-5)10(18-13)6-11(14)16-4/h1,6-7H2,2-5H3. The lowest BCUT2D eigenvalue weighted by Crippen LogP contribution is -2.25. The van der Waals surface area contributed by atoms with E-state index in [1.165, 1.54) is 14.2 Å². The van der Waals surface area contributed by atoms with Gasteiger partial charge in [-0.25, -0.2) is 4.79 Å². The van der Waals surface area contributed by atoms with E-state index in [1.54, 1.807) is 0 Å². The minimum Gasteiger partial charge on any atom is -0.486 e. The molecular formula is C13H18O5. The first-order valence-electron chi connectivity index (χ1n) is 5.56. The minimum absolute atomic E-state index is 0.0796. The van der Waals surface area contributed by atoms with Gasteiger partial charge in [-0.05, 0) is 19.4 Å². The van der Waals surface area contributed by atoms with E-state index < -0.39 is 17.5 Å². The Morgan fingerprint density at radius 3 is 2.44 bits per heavy atom. The molecule has 0 spiro atoms. The summed E-state index contributed by atoms with van der Waals surface area (Å²) in [6, 6.07) is 0. The van der Waals surface area contributed by atoms with Crippen LogP contribution in [0, 0.1) is 0 Å². The van der Waals surface area contributed by atoms with Crippen LogP contribution in [0.1, 0.15) is 26.7 Å². The molecule has 18 heavy (non-hydrogen) atoms. The average molecular weight is 254 g/mol. The molecule has 1 rings (SSSR count). The van der Waals surface area contributed by atoms with Crippen molar-refractivity contribution in [2.45, 2.75) is 32.3 Å². The first-order valence-corrected chi connectivity index (χ1v) is 5.56. The molecule has 1 atom stereocenters. The SMILES string of the molecule is C=C(C)C1(C)CC(C(=O)OC)=C(CC(=O)OC)O1. The highest BCUT2D eigenvalue weighted by molar-refractivity contribution is 5.91.